The van der Waals surface area contributed by atoms with Gasteiger partial charge in [0.05, 0.1) is 6.54 Å². The quantitative estimate of drug-likeness (QED) is 0.797. The van der Waals surface area contributed by atoms with Gasteiger partial charge in [-0.1, -0.05) is 47.5 Å². The van der Waals surface area contributed by atoms with Gasteiger partial charge in [0.1, 0.15) is 0 Å². The highest BCUT2D eigenvalue weighted by atomic mass is 16.1. The predicted molar refractivity (Wildman–Crippen MR) is 91.6 cm³/mol. The fraction of sp³-hybridized carbons (Fsp3) is 0.158. The Morgan fingerprint density at radius 1 is 1.04 bits per heavy atom. The number of amides is 1. The Morgan fingerprint density at radius 2 is 1.83 bits per heavy atom. The van der Waals surface area contributed by atoms with Crippen LogP contribution in [0.2, 0.25) is 0 Å². The second kappa shape index (κ2) is 6.48. The SMILES string of the molecule is Cc1ccc(C(=O)Nc2ccn(Cc3cccc(C)c3)n2)cc1. The second-order valence-corrected chi connectivity index (χ2v) is 5.71. The monoisotopic (exact) mass is 305 g/mol. The van der Waals surface area contributed by atoms with Gasteiger partial charge in [-0.15, -0.1) is 0 Å². The lowest BCUT2D eigenvalue weighted by molar-refractivity contribution is 0.102. The number of aromatic nitrogens is 2. The maximum Gasteiger partial charge on any atom is 0.256 e. The molecule has 0 saturated heterocycles. The molecular weight excluding hydrogens is 286 g/mol. The number of hydrogen-bond acceptors (Lipinski definition) is 2. The summed E-state index contributed by atoms with van der Waals surface area (Å²) < 4.78 is 1.82. The average molecular weight is 305 g/mol. The number of carbonyl (C=O) groups excluding carboxylic acids is 1. The maximum absolute atomic E-state index is 12.2. The average Bonchev–Trinajstić information content (AvgIpc) is 2.95. The molecule has 1 heterocycles. The Labute approximate surface area is 135 Å². The van der Waals surface area contributed by atoms with Crippen LogP contribution in [0.3, 0.4) is 0 Å². The van der Waals surface area contributed by atoms with Crippen molar-refractivity contribution in [1.82, 2.24) is 9.78 Å². The summed E-state index contributed by atoms with van der Waals surface area (Å²) in [5, 5.41) is 7.23. The normalized spacial score (nSPS) is 10.5. The maximum atomic E-state index is 12.2. The molecular formula is C19H19N3O. The summed E-state index contributed by atoms with van der Waals surface area (Å²) >= 11 is 0. The number of benzene rings is 2. The zero-order valence-electron chi connectivity index (χ0n) is 13.3. The third kappa shape index (κ3) is 3.86. The van der Waals surface area contributed by atoms with Gasteiger partial charge in [-0.25, -0.2) is 0 Å². The van der Waals surface area contributed by atoms with Crippen LogP contribution in [0.25, 0.3) is 0 Å². The van der Waals surface area contributed by atoms with E-state index in [1.54, 1.807) is 0 Å². The molecule has 0 fully saturated rings. The van der Waals surface area contributed by atoms with E-state index in [-0.39, 0.29) is 5.91 Å². The van der Waals surface area contributed by atoms with E-state index in [4.69, 9.17) is 0 Å². The summed E-state index contributed by atoms with van der Waals surface area (Å²) in [4.78, 5) is 12.2. The molecule has 1 amide bonds. The molecule has 4 nitrogen and oxygen atoms in total. The number of nitrogens with one attached hydrogen (secondary N) is 1. The third-order valence-corrected chi connectivity index (χ3v) is 3.62. The first-order valence-electron chi connectivity index (χ1n) is 7.57. The van der Waals surface area contributed by atoms with E-state index >= 15 is 0 Å². The second-order valence-electron chi connectivity index (χ2n) is 5.71. The van der Waals surface area contributed by atoms with Gasteiger partial charge in [-0.2, -0.15) is 5.10 Å². The van der Waals surface area contributed by atoms with Crippen molar-refractivity contribution in [2.75, 3.05) is 5.32 Å². The smallest absolute Gasteiger partial charge is 0.256 e. The van der Waals surface area contributed by atoms with Crippen LogP contribution in [0.15, 0.2) is 60.8 Å². The molecule has 0 radical (unpaired) electrons. The van der Waals surface area contributed by atoms with Crippen molar-refractivity contribution >= 4 is 11.7 Å². The lowest BCUT2D eigenvalue weighted by Gasteiger charge is -2.04. The Hall–Kier alpha value is -2.88. The van der Waals surface area contributed by atoms with Gasteiger partial charge in [0, 0.05) is 17.8 Å². The van der Waals surface area contributed by atoms with Crippen LogP contribution in [-0.4, -0.2) is 15.7 Å². The molecule has 0 bridgehead atoms. The molecule has 0 unspecified atom stereocenters. The van der Waals surface area contributed by atoms with Crippen LogP contribution < -0.4 is 5.32 Å². The molecule has 0 aliphatic heterocycles. The number of rotatable bonds is 4. The fourth-order valence-corrected chi connectivity index (χ4v) is 2.41. The third-order valence-electron chi connectivity index (χ3n) is 3.62. The van der Waals surface area contributed by atoms with E-state index in [0.29, 0.717) is 17.9 Å². The van der Waals surface area contributed by atoms with E-state index < -0.39 is 0 Å². The minimum Gasteiger partial charge on any atom is -0.305 e. The summed E-state index contributed by atoms with van der Waals surface area (Å²) in [5.41, 5.74) is 4.17. The number of anilines is 1. The molecule has 0 spiro atoms. The van der Waals surface area contributed by atoms with Crippen LogP contribution in [0.1, 0.15) is 27.0 Å². The molecule has 1 N–H and O–H groups in total. The van der Waals surface area contributed by atoms with Crippen molar-refractivity contribution in [1.29, 1.82) is 0 Å². The molecule has 1 aromatic heterocycles. The molecule has 0 atom stereocenters. The van der Waals surface area contributed by atoms with Gasteiger partial charge in [0.15, 0.2) is 5.82 Å². The van der Waals surface area contributed by atoms with Gasteiger partial charge in [-0.05, 0) is 31.5 Å². The fourth-order valence-electron chi connectivity index (χ4n) is 2.41. The van der Waals surface area contributed by atoms with Crippen molar-refractivity contribution in [3.8, 4) is 0 Å². The largest absolute Gasteiger partial charge is 0.305 e. The van der Waals surface area contributed by atoms with Crippen LogP contribution in [0.4, 0.5) is 5.82 Å². The summed E-state index contributed by atoms with van der Waals surface area (Å²) in [6.07, 6.45) is 1.87. The van der Waals surface area contributed by atoms with Crippen molar-refractivity contribution in [3.05, 3.63) is 83.0 Å². The lowest BCUT2D eigenvalue weighted by Crippen LogP contribution is -2.12. The summed E-state index contributed by atoms with van der Waals surface area (Å²) in [7, 11) is 0. The number of aryl methyl sites for hydroxylation is 2. The Morgan fingerprint density at radius 3 is 2.57 bits per heavy atom. The van der Waals surface area contributed by atoms with Gasteiger partial charge in [0.2, 0.25) is 0 Å². The Bertz CT molecular complexity index is 819. The van der Waals surface area contributed by atoms with E-state index in [9.17, 15) is 4.79 Å². The Balaban J connectivity index is 1.67. The van der Waals surface area contributed by atoms with Gasteiger partial charge >= 0.3 is 0 Å². The number of carbonyl (C=O) groups is 1. The highest BCUT2D eigenvalue weighted by Crippen LogP contribution is 2.10. The molecule has 116 valence electrons. The predicted octanol–water partition coefficient (Wildman–Crippen LogP) is 3.80. The molecule has 3 aromatic rings. The summed E-state index contributed by atoms with van der Waals surface area (Å²) in [5.74, 6) is 0.411. The van der Waals surface area contributed by atoms with Crippen LogP contribution in [0, 0.1) is 13.8 Å². The van der Waals surface area contributed by atoms with Crippen LogP contribution in [0.5, 0.6) is 0 Å². The minimum atomic E-state index is -0.147. The molecule has 0 aliphatic carbocycles. The molecule has 23 heavy (non-hydrogen) atoms. The lowest BCUT2D eigenvalue weighted by atomic mass is 10.1. The van der Waals surface area contributed by atoms with Gasteiger partial charge in [0.25, 0.3) is 5.91 Å². The summed E-state index contributed by atoms with van der Waals surface area (Å²) in [6, 6.07) is 17.6. The van der Waals surface area contributed by atoms with E-state index in [1.807, 2.05) is 54.2 Å². The standard InChI is InChI=1S/C19H19N3O/c1-14-6-8-17(9-7-14)19(23)20-18-10-11-22(21-18)13-16-5-3-4-15(2)12-16/h3-12H,13H2,1-2H3,(H,20,21,23). The molecule has 3 rings (SSSR count). The van der Waals surface area contributed by atoms with Crippen molar-refractivity contribution < 1.29 is 4.79 Å². The highest BCUT2D eigenvalue weighted by molar-refractivity contribution is 6.03. The van der Waals surface area contributed by atoms with E-state index in [0.717, 1.165) is 5.56 Å². The molecule has 0 saturated carbocycles. The molecule has 4 heteroatoms. The first kappa shape index (κ1) is 15.0. The zero-order valence-corrected chi connectivity index (χ0v) is 13.3. The van der Waals surface area contributed by atoms with Crippen molar-refractivity contribution in [2.24, 2.45) is 0 Å². The van der Waals surface area contributed by atoms with Gasteiger partial charge < -0.3 is 5.32 Å². The first-order chi connectivity index (χ1) is 11.1. The highest BCUT2D eigenvalue weighted by Gasteiger charge is 2.08. The first-order valence-corrected chi connectivity index (χ1v) is 7.57. The molecule has 0 aliphatic rings. The van der Waals surface area contributed by atoms with E-state index in [1.165, 1.54) is 11.1 Å². The zero-order chi connectivity index (χ0) is 16.2. The van der Waals surface area contributed by atoms with Crippen molar-refractivity contribution in [3.63, 3.8) is 0 Å². The number of hydrogen-bond donors (Lipinski definition) is 1. The van der Waals surface area contributed by atoms with Gasteiger partial charge in [-0.3, -0.25) is 9.48 Å². The summed E-state index contributed by atoms with van der Waals surface area (Å²) in [6.45, 7) is 4.75. The van der Waals surface area contributed by atoms with Crippen molar-refractivity contribution in [2.45, 2.75) is 20.4 Å². The van der Waals surface area contributed by atoms with E-state index in [2.05, 4.69) is 35.5 Å². The Kier molecular flexibility index (Phi) is 4.24. The van der Waals surface area contributed by atoms with Crippen LogP contribution in [-0.2, 0) is 6.54 Å². The van der Waals surface area contributed by atoms with Crippen LogP contribution >= 0.6 is 0 Å². The number of nitrogens with zero attached hydrogens (tertiary/aromatic N) is 2. The molecule has 2 aromatic carbocycles. The topological polar surface area (TPSA) is 46.9 Å². The minimum absolute atomic E-state index is 0.147.